The Labute approximate surface area is 119 Å². The van der Waals surface area contributed by atoms with Crippen LogP contribution < -0.4 is 5.73 Å². The summed E-state index contributed by atoms with van der Waals surface area (Å²) in [7, 11) is 2.14. The first kappa shape index (κ1) is 14.3. The largest absolute Gasteiger partial charge is 0.326 e. The molecular formula is C16H22N2S. The van der Waals surface area contributed by atoms with Gasteiger partial charge in [-0.3, -0.25) is 4.90 Å². The van der Waals surface area contributed by atoms with E-state index in [-0.39, 0.29) is 12.1 Å². The Morgan fingerprint density at radius 1 is 1.21 bits per heavy atom. The number of nitrogens with zero attached hydrogens (tertiary/aromatic N) is 1. The third-order valence-electron chi connectivity index (χ3n) is 3.41. The Morgan fingerprint density at radius 2 is 1.89 bits per heavy atom. The summed E-state index contributed by atoms with van der Waals surface area (Å²) in [6, 6.07) is 11.3. The molecule has 0 saturated carbocycles. The second-order valence-corrected chi connectivity index (χ2v) is 6.04. The molecule has 0 fully saturated rings. The van der Waals surface area contributed by atoms with Crippen LogP contribution in [0.25, 0.3) is 0 Å². The molecule has 19 heavy (non-hydrogen) atoms. The molecule has 3 heteroatoms. The second-order valence-electron chi connectivity index (χ2n) is 5.26. The van der Waals surface area contributed by atoms with Crippen LogP contribution in [0.1, 0.15) is 29.7 Å². The van der Waals surface area contributed by atoms with Crippen molar-refractivity contribution in [1.29, 1.82) is 0 Å². The Morgan fingerprint density at radius 3 is 2.42 bits per heavy atom. The standard InChI is InChI=1S/C16H22N2S/c1-12-4-6-14(7-5-12)10-18(3)16(13(2)17)15-8-9-19-11-15/h4-9,11,13,16H,10,17H2,1-3H3. The second kappa shape index (κ2) is 6.33. The molecule has 2 aromatic rings. The van der Waals surface area contributed by atoms with Crippen LogP contribution in [0.3, 0.4) is 0 Å². The van der Waals surface area contributed by atoms with E-state index in [1.807, 2.05) is 0 Å². The van der Waals surface area contributed by atoms with Crippen molar-refractivity contribution in [2.75, 3.05) is 7.05 Å². The maximum atomic E-state index is 6.17. The van der Waals surface area contributed by atoms with Crippen molar-refractivity contribution < 1.29 is 0 Å². The molecule has 0 aliphatic rings. The molecule has 1 heterocycles. The molecule has 1 aromatic heterocycles. The van der Waals surface area contributed by atoms with Gasteiger partial charge in [0.25, 0.3) is 0 Å². The van der Waals surface area contributed by atoms with Crippen molar-refractivity contribution in [1.82, 2.24) is 4.90 Å². The summed E-state index contributed by atoms with van der Waals surface area (Å²) in [6.07, 6.45) is 0. The van der Waals surface area contributed by atoms with E-state index in [4.69, 9.17) is 5.73 Å². The van der Waals surface area contributed by atoms with Gasteiger partial charge in [-0.25, -0.2) is 0 Å². The van der Waals surface area contributed by atoms with E-state index < -0.39 is 0 Å². The molecule has 2 nitrogen and oxygen atoms in total. The predicted molar refractivity (Wildman–Crippen MR) is 83.4 cm³/mol. The summed E-state index contributed by atoms with van der Waals surface area (Å²) < 4.78 is 0. The first-order chi connectivity index (χ1) is 9.08. The van der Waals surface area contributed by atoms with Gasteiger partial charge < -0.3 is 5.73 Å². The Hall–Kier alpha value is -1.16. The first-order valence-electron chi connectivity index (χ1n) is 6.61. The van der Waals surface area contributed by atoms with Crippen molar-refractivity contribution >= 4 is 11.3 Å². The van der Waals surface area contributed by atoms with Crippen LogP contribution in [0.2, 0.25) is 0 Å². The van der Waals surface area contributed by atoms with E-state index in [2.05, 4.69) is 66.9 Å². The highest BCUT2D eigenvalue weighted by atomic mass is 32.1. The fourth-order valence-electron chi connectivity index (χ4n) is 2.48. The van der Waals surface area contributed by atoms with Crippen LogP contribution in [-0.2, 0) is 6.54 Å². The Bertz CT molecular complexity index is 488. The van der Waals surface area contributed by atoms with Crippen LogP contribution in [0, 0.1) is 6.92 Å². The van der Waals surface area contributed by atoms with E-state index in [9.17, 15) is 0 Å². The van der Waals surface area contributed by atoms with Crippen LogP contribution in [-0.4, -0.2) is 18.0 Å². The minimum Gasteiger partial charge on any atom is -0.326 e. The molecule has 0 bridgehead atoms. The van der Waals surface area contributed by atoms with Crippen LogP contribution in [0.5, 0.6) is 0 Å². The lowest BCUT2D eigenvalue weighted by Crippen LogP contribution is -2.36. The fraction of sp³-hybridized carbons (Fsp3) is 0.375. The SMILES string of the molecule is Cc1ccc(CN(C)C(c2ccsc2)C(C)N)cc1. The number of benzene rings is 1. The number of thiophene rings is 1. The highest BCUT2D eigenvalue weighted by Crippen LogP contribution is 2.25. The average molecular weight is 274 g/mol. The normalized spacial score (nSPS) is 14.6. The molecule has 0 amide bonds. The minimum atomic E-state index is 0.116. The number of rotatable bonds is 5. The third kappa shape index (κ3) is 3.66. The molecule has 2 rings (SSSR count). The van der Waals surface area contributed by atoms with E-state index in [1.54, 1.807) is 11.3 Å². The van der Waals surface area contributed by atoms with Crippen LogP contribution in [0.15, 0.2) is 41.1 Å². The predicted octanol–water partition coefficient (Wildman–Crippen LogP) is 3.58. The molecule has 0 radical (unpaired) electrons. The molecule has 0 aliphatic heterocycles. The molecule has 0 saturated heterocycles. The molecule has 1 aromatic carbocycles. The van der Waals surface area contributed by atoms with Gasteiger partial charge in [-0.2, -0.15) is 11.3 Å². The van der Waals surface area contributed by atoms with Gasteiger partial charge in [-0.1, -0.05) is 29.8 Å². The van der Waals surface area contributed by atoms with Gasteiger partial charge in [0.2, 0.25) is 0 Å². The van der Waals surface area contributed by atoms with Crippen molar-refractivity contribution in [3.8, 4) is 0 Å². The highest BCUT2D eigenvalue weighted by Gasteiger charge is 2.21. The minimum absolute atomic E-state index is 0.116. The van der Waals surface area contributed by atoms with Crippen molar-refractivity contribution in [3.05, 3.63) is 57.8 Å². The summed E-state index contributed by atoms with van der Waals surface area (Å²) in [5.74, 6) is 0. The highest BCUT2D eigenvalue weighted by molar-refractivity contribution is 7.07. The van der Waals surface area contributed by atoms with E-state index in [0.29, 0.717) is 0 Å². The number of likely N-dealkylation sites (N-methyl/N-ethyl adjacent to an activating group) is 1. The lowest BCUT2D eigenvalue weighted by molar-refractivity contribution is 0.211. The lowest BCUT2D eigenvalue weighted by Gasteiger charge is -2.30. The monoisotopic (exact) mass is 274 g/mol. The van der Waals surface area contributed by atoms with Gasteiger partial charge in [0, 0.05) is 12.6 Å². The van der Waals surface area contributed by atoms with Gasteiger partial charge in [0.05, 0.1) is 6.04 Å². The first-order valence-corrected chi connectivity index (χ1v) is 7.55. The molecule has 102 valence electrons. The van der Waals surface area contributed by atoms with Gasteiger partial charge in [0.1, 0.15) is 0 Å². The Balaban J connectivity index is 2.12. The summed E-state index contributed by atoms with van der Waals surface area (Å²) in [6.45, 7) is 5.11. The van der Waals surface area contributed by atoms with Gasteiger partial charge in [-0.15, -0.1) is 0 Å². The van der Waals surface area contributed by atoms with Gasteiger partial charge >= 0.3 is 0 Å². The maximum absolute atomic E-state index is 6.17. The van der Waals surface area contributed by atoms with Crippen molar-refractivity contribution in [2.24, 2.45) is 5.73 Å². The van der Waals surface area contributed by atoms with E-state index in [0.717, 1.165) is 6.54 Å². The Kier molecular flexibility index (Phi) is 4.75. The summed E-state index contributed by atoms with van der Waals surface area (Å²) in [5, 5.41) is 4.31. The quantitative estimate of drug-likeness (QED) is 0.903. The topological polar surface area (TPSA) is 29.3 Å². The molecule has 2 unspecified atom stereocenters. The van der Waals surface area contributed by atoms with Crippen LogP contribution in [0.4, 0.5) is 0 Å². The maximum Gasteiger partial charge on any atom is 0.0505 e. The molecule has 0 spiro atoms. The zero-order valence-corrected chi connectivity index (χ0v) is 12.7. The zero-order chi connectivity index (χ0) is 13.8. The van der Waals surface area contributed by atoms with Crippen molar-refractivity contribution in [3.63, 3.8) is 0 Å². The van der Waals surface area contributed by atoms with Gasteiger partial charge in [-0.05, 0) is 48.8 Å². The fourth-order valence-corrected chi connectivity index (χ4v) is 3.17. The summed E-state index contributed by atoms with van der Waals surface area (Å²) in [5.41, 5.74) is 10.1. The van der Waals surface area contributed by atoms with Gasteiger partial charge in [0.15, 0.2) is 0 Å². The number of nitrogens with two attached hydrogens (primary N) is 1. The van der Waals surface area contributed by atoms with E-state index >= 15 is 0 Å². The van der Waals surface area contributed by atoms with Crippen LogP contribution >= 0.6 is 11.3 Å². The molecule has 2 atom stereocenters. The van der Waals surface area contributed by atoms with Crippen molar-refractivity contribution in [2.45, 2.75) is 32.5 Å². The lowest BCUT2D eigenvalue weighted by atomic mass is 10.0. The average Bonchev–Trinajstić information content (AvgIpc) is 2.85. The third-order valence-corrected chi connectivity index (χ3v) is 4.11. The number of hydrogen-bond acceptors (Lipinski definition) is 3. The smallest absolute Gasteiger partial charge is 0.0505 e. The summed E-state index contributed by atoms with van der Waals surface area (Å²) in [4.78, 5) is 2.33. The number of hydrogen-bond donors (Lipinski definition) is 1. The zero-order valence-electron chi connectivity index (χ0n) is 11.8. The van der Waals surface area contributed by atoms with E-state index in [1.165, 1.54) is 16.7 Å². The molecule has 0 aliphatic carbocycles. The molecular weight excluding hydrogens is 252 g/mol. The summed E-state index contributed by atoms with van der Waals surface area (Å²) >= 11 is 1.73. The number of aryl methyl sites for hydroxylation is 1. The molecule has 2 N–H and O–H groups in total.